The molecule has 0 bridgehead atoms. The molecule has 1 saturated heterocycles. The molecule has 0 aromatic heterocycles. The minimum Gasteiger partial charge on any atom is -0.481 e. The molecule has 0 aromatic carbocycles. The summed E-state index contributed by atoms with van der Waals surface area (Å²) in [6.07, 6.45) is 5.54. The first-order chi connectivity index (χ1) is 13.3. The first kappa shape index (κ1) is 18.5. The van der Waals surface area contributed by atoms with Crippen LogP contribution in [0, 0.1) is 17.9 Å². The number of ether oxygens (including phenoxy) is 1. The van der Waals surface area contributed by atoms with Gasteiger partial charge in [0, 0.05) is 23.9 Å². The number of fused-ring (bicyclic) bond motifs is 1. The predicted octanol–water partition coefficient (Wildman–Crippen LogP) is 3.58. The van der Waals surface area contributed by atoms with Gasteiger partial charge in [0.05, 0.1) is 11.1 Å². The van der Waals surface area contributed by atoms with E-state index in [0.29, 0.717) is 30.6 Å². The third-order valence-electron chi connectivity index (χ3n) is 6.31. The largest absolute Gasteiger partial charge is 0.481 e. The van der Waals surface area contributed by atoms with Crippen molar-refractivity contribution in [2.45, 2.75) is 40.5 Å². The number of carbonyl (C=O) groups is 1. The van der Waals surface area contributed by atoms with Crippen LogP contribution in [-0.2, 0) is 9.53 Å². The molecular weight excluding hydrogens is 352 g/mol. The molecule has 1 unspecified atom stereocenters. The average molecular weight is 379 g/mol. The lowest BCUT2D eigenvalue weighted by Crippen LogP contribution is -2.42. The van der Waals surface area contributed by atoms with Crippen molar-refractivity contribution in [2.24, 2.45) is 16.3 Å². The second-order valence-electron chi connectivity index (χ2n) is 8.26. The number of allylic oxidation sites excluding steroid dienone is 6. The van der Waals surface area contributed by atoms with Gasteiger partial charge in [-0.2, -0.15) is 4.85 Å². The molecule has 1 N–H and O–H groups in total. The van der Waals surface area contributed by atoms with Crippen molar-refractivity contribution in [3.8, 4) is 6.57 Å². The van der Waals surface area contributed by atoms with Gasteiger partial charge < -0.3 is 9.64 Å². The number of amidine groups is 1. The molecule has 0 saturated carbocycles. The van der Waals surface area contributed by atoms with Crippen molar-refractivity contribution in [3.05, 3.63) is 51.1 Å². The van der Waals surface area contributed by atoms with Gasteiger partial charge in [0.1, 0.15) is 25.6 Å². The lowest BCUT2D eigenvalue weighted by Gasteiger charge is -2.34. The lowest BCUT2D eigenvalue weighted by molar-refractivity contribution is -0.120. The number of aliphatic imine (C=N–C) groups is 1. The third-order valence-corrected chi connectivity index (χ3v) is 6.31. The van der Waals surface area contributed by atoms with Gasteiger partial charge in [-0.25, -0.2) is 4.99 Å². The number of nitrogens with zero attached hydrogens (tertiary/aromatic N) is 3. The molecule has 2 atom stereocenters. The van der Waals surface area contributed by atoms with Crippen LogP contribution < -0.4 is 5.32 Å². The summed E-state index contributed by atoms with van der Waals surface area (Å²) in [5.41, 5.74) is 3.37. The Hall–Kier alpha value is -2.81. The Morgan fingerprint density at radius 2 is 2.32 bits per heavy atom. The van der Waals surface area contributed by atoms with Crippen molar-refractivity contribution in [1.82, 2.24) is 10.2 Å². The topological polar surface area (TPSA) is 58.3 Å². The summed E-state index contributed by atoms with van der Waals surface area (Å²) in [4.78, 5) is 24.3. The number of nitrogens with one attached hydrogen (secondary N) is 1. The van der Waals surface area contributed by atoms with E-state index in [1.165, 1.54) is 5.57 Å². The van der Waals surface area contributed by atoms with E-state index in [9.17, 15) is 4.79 Å². The lowest BCUT2D eigenvalue weighted by atomic mass is 9.74. The van der Waals surface area contributed by atoms with E-state index in [0.717, 1.165) is 42.2 Å². The van der Waals surface area contributed by atoms with Crippen molar-refractivity contribution < 1.29 is 9.53 Å². The van der Waals surface area contributed by atoms with Crippen molar-refractivity contribution in [3.63, 3.8) is 0 Å². The Morgan fingerprint density at radius 1 is 1.54 bits per heavy atom. The Labute approximate surface area is 166 Å². The van der Waals surface area contributed by atoms with Gasteiger partial charge in [-0.15, -0.1) is 0 Å². The number of rotatable bonds is 2. The van der Waals surface area contributed by atoms with E-state index in [2.05, 4.69) is 28.9 Å². The van der Waals surface area contributed by atoms with Gasteiger partial charge in [0.2, 0.25) is 5.76 Å². The van der Waals surface area contributed by atoms with Gasteiger partial charge in [-0.05, 0) is 39.5 Å². The smallest absolute Gasteiger partial charge is 0.420 e. The summed E-state index contributed by atoms with van der Waals surface area (Å²) in [7, 11) is 0. The number of carbonyl (C=O) groups excluding carboxylic acids is 1. The molecule has 146 valence electrons. The molecule has 4 rings (SSSR count). The Balaban J connectivity index is 1.73. The van der Waals surface area contributed by atoms with Crippen molar-refractivity contribution in [2.75, 3.05) is 19.7 Å². The summed E-state index contributed by atoms with van der Waals surface area (Å²) in [5, 5.41) is 3.13. The zero-order chi connectivity index (χ0) is 20.1. The van der Waals surface area contributed by atoms with Gasteiger partial charge in [0.25, 0.3) is 0 Å². The predicted molar refractivity (Wildman–Crippen MR) is 109 cm³/mol. The molecule has 1 aliphatic carbocycles. The highest BCUT2D eigenvalue weighted by Crippen LogP contribution is 2.45. The van der Waals surface area contributed by atoms with Crippen LogP contribution in [0.2, 0.25) is 0 Å². The molecule has 4 aliphatic rings. The second kappa shape index (κ2) is 6.66. The molecule has 3 aliphatic heterocycles. The van der Waals surface area contributed by atoms with Crippen LogP contribution in [0.1, 0.15) is 40.5 Å². The Bertz CT molecular complexity index is 944. The SMILES string of the molecule is C#[N+]C1=C(/C=C(\C)N2CC[C@@]3(C)C(=O)C4=C(CC(C)C(C)=C4)N=C23)OCCN1. The second-order valence-corrected chi connectivity index (χ2v) is 8.26. The van der Waals surface area contributed by atoms with Crippen molar-refractivity contribution >= 4 is 11.6 Å². The fourth-order valence-electron chi connectivity index (χ4n) is 4.31. The van der Waals surface area contributed by atoms with E-state index in [1.54, 1.807) is 0 Å². The molecule has 6 heteroatoms. The maximum Gasteiger partial charge on any atom is 0.420 e. The number of hydrogen-bond donors (Lipinski definition) is 1. The fraction of sp³-hybridized carbons (Fsp3) is 0.500. The van der Waals surface area contributed by atoms with Crippen LogP contribution in [0.4, 0.5) is 0 Å². The normalized spacial score (nSPS) is 30.1. The minimum absolute atomic E-state index is 0.196. The summed E-state index contributed by atoms with van der Waals surface area (Å²) in [6.45, 7) is 15.8. The molecule has 6 nitrogen and oxygen atoms in total. The maximum absolute atomic E-state index is 13.4. The minimum atomic E-state index is -0.577. The number of ketones is 1. The van der Waals surface area contributed by atoms with Crippen LogP contribution in [-0.4, -0.2) is 36.2 Å². The van der Waals surface area contributed by atoms with Crippen LogP contribution in [0.3, 0.4) is 0 Å². The number of Topliss-reactive ketones (excluding diaryl/α,β-unsaturated/α-hetero) is 1. The van der Waals surface area contributed by atoms with Crippen LogP contribution >= 0.6 is 0 Å². The van der Waals surface area contributed by atoms with E-state index in [4.69, 9.17) is 16.3 Å². The Morgan fingerprint density at radius 3 is 3.07 bits per heavy atom. The van der Waals surface area contributed by atoms with Gasteiger partial charge in [0.15, 0.2) is 5.78 Å². The molecule has 0 aromatic rings. The zero-order valence-electron chi connectivity index (χ0n) is 17.0. The number of likely N-dealkylation sites (tertiary alicyclic amines) is 1. The van der Waals surface area contributed by atoms with E-state index in [1.807, 2.05) is 26.0 Å². The molecular formula is C22H27N4O2+. The quantitative estimate of drug-likeness (QED) is 0.797. The monoisotopic (exact) mass is 379 g/mol. The highest BCUT2D eigenvalue weighted by atomic mass is 16.5. The molecule has 0 radical (unpaired) electrons. The van der Waals surface area contributed by atoms with E-state index < -0.39 is 5.41 Å². The highest BCUT2D eigenvalue weighted by Gasteiger charge is 2.50. The van der Waals surface area contributed by atoms with Gasteiger partial charge in [-0.3, -0.25) is 10.1 Å². The van der Waals surface area contributed by atoms with Crippen LogP contribution in [0.5, 0.6) is 0 Å². The zero-order valence-corrected chi connectivity index (χ0v) is 17.0. The third kappa shape index (κ3) is 2.77. The molecule has 3 heterocycles. The molecule has 0 spiro atoms. The van der Waals surface area contributed by atoms with Crippen LogP contribution in [0.25, 0.3) is 4.85 Å². The first-order valence-electron chi connectivity index (χ1n) is 9.88. The van der Waals surface area contributed by atoms with Crippen LogP contribution in [0.15, 0.2) is 51.3 Å². The number of hydrogen-bond acceptors (Lipinski definition) is 5. The first-order valence-corrected chi connectivity index (χ1v) is 9.88. The summed E-state index contributed by atoms with van der Waals surface area (Å²) >= 11 is 0. The fourth-order valence-corrected chi connectivity index (χ4v) is 4.31. The van der Waals surface area contributed by atoms with Gasteiger partial charge >= 0.3 is 5.82 Å². The highest BCUT2D eigenvalue weighted by molar-refractivity contribution is 6.20. The Kier molecular flexibility index (Phi) is 4.41. The maximum atomic E-state index is 13.4. The molecule has 28 heavy (non-hydrogen) atoms. The summed E-state index contributed by atoms with van der Waals surface area (Å²) in [6, 6.07) is 0. The van der Waals surface area contributed by atoms with E-state index >= 15 is 0 Å². The van der Waals surface area contributed by atoms with E-state index in [-0.39, 0.29) is 5.78 Å². The summed E-state index contributed by atoms with van der Waals surface area (Å²) in [5.74, 6) is 2.61. The van der Waals surface area contributed by atoms with Crippen molar-refractivity contribution in [1.29, 1.82) is 0 Å². The average Bonchev–Trinajstić information content (AvgIpc) is 3.02. The van der Waals surface area contributed by atoms with Gasteiger partial charge in [-0.1, -0.05) is 18.6 Å². The molecule has 1 fully saturated rings. The summed E-state index contributed by atoms with van der Waals surface area (Å²) < 4.78 is 5.72. The standard InChI is InChI=1S/C22H27N4O2/c1-13-10-16-17(11-14(13)2)25-21-22(4,19(16)27)6-8-26(21)15(3)12-18-20(23-5)24-7-9-28-18/h5,10,12,14,24H,6-9,11H2,1-4H3/q+1/b15-12+/t14?,22-/m0/s1. The molecule has 0 amide bonds.